The van der Waals surface area contributed by atoms with Crippen molar-refractivity contribution in [1.29, 1.82) is 0 Å². The molecule has 0 atom stereocenters. The molecule has 0 fully saturated rings. The van der Waals surface area contributed by atoms with E-state index < -0.39 is 0 Å². The van der Waals surface area contributed by atoms with Gasteiger partial charge in [0.25, 0.3) is 0 Å². The summed E-state index contributed by atoms with van der Waals surface area (Å²) in [7, 11) is 0. The summed E-state index contributed by atoms with van der Waals surface area (Å²) < 4.78 is 0. The zero-order chi connectivity index (χ0) is 12.8. The van der Waals surface area contributed by atoms with Crippen LogP contribution in [-0.4, -0.2) is 11.7 Å². The maximum Gasteiger partial charge on any atom is 0.318 e. The van der Waals surface area contributed by atoms with Gasteiger partial charge >= 0.3 is 5.91 Å². The summed E-state index contributed by atoms with van der Waals surface area (Å²) in [6.45, 7) is 0. The molecule has 1 amide bonds. The molecule has 0 unspecified atom stereocenters. The van der Waals surface area contributed by atoms with Crippen LogP contribution < -0.4 is 5.73 Å². The molecule has 0 aromatic heterocycles. The van der Waals surface area contributed by atoms with Crippen molar-refractivity contribution in [3.63, 3.8) is 0 Å². The maximum absolute atomic E-state index is 11.1. The van der Waals surface area contributed by atoms with Gasteiger partial charge in [0.05, 0.1) is 5.25 Å². The van der Waals surface area contributed by atoms with Gasteiger partial charge in [-0.15, -0.1) is 11.8 Å². The van der Waals surface area contributed by atoms with E-state index in [1.54, 1.807) is 11.8 Å². The molecule has 0 heterocycles. The fourth-order valence-corrected chi connectivity index (χ4v) is 2.87. The number of quaternary nitrogens is 1. The Morgan fingerprint density at radius 3 is 1.78 bits per heavy atom. The highest BCUT2D eigenvalue weighted by Crippen LogP contribution is 2.34. The largest absolute Gasteiger partial charge is 0.318 e. The normalized spacial score (nSPS) is 10.6. The average Bonchev–Trinajstić information content (AvgIpc) is 2.41. The van der Waals surface area contributed by atoms with Crippen LogP contribution in [0.15, 0.2) is 60.7 Å². The van der Waals surface area contributed by atoms with Gasteiger partial charge in [0, 0.05) is 0 Å². The van der Waals surface area contributed by atoms with Gasteiger partial charge in [-0.2, -0.15) is 0 Å². The summed E-state index contributed by atoms with van der Waals surface area (Å²) in [5.74, 6) is 0.408. The zero-order valence-corrected chi connectivity index (χ0v) is 10.9. The van der Waals surface area contributed by atoms with E-state index in [-0.39, 0.29) is 11.2 Å². The number of benzene rings is 2. The number of amides is 1. The van der Waals surface area contributed by atoms with Crippen molar-refractivity contribution in [3.05, 3.63) is 71.8 Å². The van der Waals surface area contributed by atoms with Crippen molar-refractivity contribution in [3.8, 4) is 0 Å². The molecule has 0 spiro atoms. The molecule has 0 aliphatic carbocycles. The predicted molar refractivity (Wildman–Crippen MR) is 75.1 cm³/mol. The Morgan fingerprint density at radius 1 is 0.944 bits per heavy atom. The third kappa shape index (κ3) is 3.45. The van der Waals surface area contributed by atoms with E-state index >= 15 is 0 Å². The first kappa shape index (κ1) is 12.9. The number of carbonyl (C=O) groups is 1. The molecule has 0 saturated carbocycles. The Balaban J connectivity index is 2.26. The van der Waals surface area contributed by atoms with Crippen LogP contribution in [0.4, 0.5) is 0 Å². The van der Waals surface area contributed by atoms with Gasteiger partial charge in [0.2, 0.25) is 0 Å². The number of hydrogen-bond acceptors (Lipinski definition) is 2. The molecule has 3 N–H and O–H groups in total. The van der Waals surface area contributed by atoms with E-state index in [0.717, 1.165) is 0 Å². The Labute approximate surface area is 111 Å². The lowest BCUT2D eigenvalue weighted by Gasteiger charge is -2.16. The molecule has 0 bridgehead atoms. The van der Waals surface area contributed by atoms with Crippen LogP contribution in [0, 0.1) is 0 Å². The van der Waals surface area contributed by atoms with E-state index in [1.165, 1.54) is 11.1 Å². The first-order valence-electron chi connectivity index (χ1n) is 5.83. The monoisotopic (exact) mass is 258 g/mol. The molecule has 92 valence electrons. The second-order valence-corrected chi connectivity index (χ2v) is 5.14. The van der Waals surface area contributed by atoms with Gasteiger partial charge in [-0.3, -0.25) is 5.73 Å². The summed E-state index contributed by atoms with van der Waals surface area (Å²) in [6.07, 6.45) is 0. The molecule has 0 radical (unpaired) electrons. The summed E-state index contributed by atoms with van der Waals surface area (Å²) in [6, 6.07) is 20.5. The van der Waals surface area contributed by atoms with Crippen molar-refractivity contribution < 1.29 is 10.5 Å². The van der Waals surface area contributed by atoms with Crippen LogP contribution in [0.2, 0.25) is 0 Å². The molecule has 2 nitrogen and oxygen atoms in total. The Kier molecular flexibility index (Phi) is 4.56. The van der Waals surface area contributed by atoms with Crippen molar-refractivity contribution in [1.82, 2.24) is 0 Å². The summed E-state index contributed by atoms with van der Waals surface area (Å²) >= 11 is 1.62. The molecule has 2 aromatic carbocycles. The van der Waals surface area contributed by atoms with Gasteiger partial charge in [-0.1, -0.05) is 60.7 Å². The highest BCUT2D eigenvalue weighted by Gasteiger charge is 2.15. The quantitative estimate of drug-likeness (QED) is 0.894. The lowest BCUT2D eigenvalue weighted by Crippen LogP contribution is -2.58. The van der Waals surface area contributed by atoms with Crippen LogP contribution in [0.5, 0.6) is 0 Å². The minimum Gasteiger partial charge on any atom is -0.294 e. The predicted octanol–water partition coefficient (Wildman–Crippen LogP) is 2.28. The van der Waals surface area contributed by atoms with Gasteiger partial charge in [-0.05, 0) is 11.1 Å². The summed E-state index contributed by atoms with van der Waals surface area (Å²) in [5, 5.41) is 0.193. The molecule has 2 rings (SSSR count). The molecule has 2 aromatic rings. The number of carbonyl (C=O) groups excluding carboxylic acids is 1. The van der Waals surface area contributed by atoms with Crippen molar-refractivity contribution in [2.24, 2.45) is 0 Å². The molecule has 0 saturated heterocycles. The second-order valence-electron chi connectivity index (χ2n) is 4.05. The van der Waals surface area contributed by atoms with Gasteiger partial charge in [-0.25, -0.2) is 4.79 Å². The second kappa shape index (κ2) is 6.38. The van der Waals surface area contributed by atoms with Crippen molar-refractivity contribution >= 4 is 17.7 Å². The lowest BCUT2D eigenvalue weighted by atomic mass is 10.0. The van der Waals surface area contributed by atoms with Crippen molar-refractivity contribution in [2.75, 3.05) is 5.75 Å². The zero-order valence-electron chi connectivity index (χ0n) is 10.1. The smallest absolute Gasteiger partial charge is 0.294 e. The Hall–Kier alpha value is -1.58. The molecular formula is C15H16NOS+. The molecule has 3 heteroatoms. The highest BCUT2D eigenvalue weighted by atomic mass is 32.2. The fourth-order valence-electron chi connectivity index (χ4n) is 1.82. The third-order valence-electron chi connectivity index (χ3n) is 2.62. The van der Waals surface area contributed by atoms with E-state index in [9.17, 15) is 4.79 Å². The van der Waals surface area contributed by atoms with Crippen LogP contribution in [0.1, 0.15) is 16.4 Å². The lowest BCUT2D eigenvalue weighted by molar-refractivity contribution is -0.301. The number of rotatable bonds is 5. The van der Waals surface area contributed by atoms with Crippen LogP contribution in [-0.2, 0) is 4.79 Å². The third-order valence-corrected chi connectivity index (χ3v) is 3.98. The molecular weight excluding hydrogens is 242 g/mol. The number of thioether (sulfide) groups is 1. The van der Waals surface area contributed by atoms with Gasteiger partial charge < -0.3 is 0 Å². The minimum absolute atomic E-state index is 0.0307. The Bertz CT molecular complexity index is 459. The molecule has 18 heavy (non-hydrogen) atoms. The molecule has 0 aliphatic heterocycles. The van der Waals surface area contributed by atoms with E-state index in [1.807, 2.05) is 36.4 Å². The summed E-state index contributed by atoms with van der Waals surface area (Å²) in [5.41, 5.74) is 5.87. The molecule has 0 aliphatic rings. The topological polar surface area (TPSA) is 44.7 Å². The fraction of sp³-hybridized carbons (Fsp3) is 0.133. The van der Waals surface area contributed by atoms with Crippen LogP contribution in [0.25, 0.3) is 0 Å². The average molecular weight is 258 g/mol. The van der Waals surface area contributed by atoms with E-state index in [0.29, 0.717) is 5.75 Å². The maximum atomic E-state index is 11.1. The van der Waals surface area contributed by atoms with Gasteiger partial charge in [0.1, 0.15) is 5.75 Å². The first-order chi connectivity index (χ1) is 8.77. The van der Waals surface area contributed by atoms with E-state index in [2.05, 4.69) is 30.0 Å². The standard InChI is InChI=1S/C15H15NOS/c16-14(17)11-18-15(12-7-3-1-4-8-12)13-9-5-2-6-10-13/h1-10,15H,11H2,(H2,16,17)/p+1. The first-order valence-corrected chi connectivity index (χ1v) is 6.88. The summed E-state index contributed by atoms with van der Waals surface area (Å²) in [4.78, 5) is 11.1. The van der Waals surface area contributed by atoms with Crippen LogP contribution >= 0.6 is 11.8 Å². The highest BCUT2D eigenvalue weighted by molar-refractivity contribution is 8.00. The van der Waals surface area contributed by atoms with Gasteiger partial charge in [0.15, 0.2) is 0 Å². The van der Waals surface area contributed by atoms with Crippen LogP contribution in [0.3, 0.4) is 0 Å². The van der Waals surface area contributed by atoms with Crippen molar-refractivity contribution in [2.45, 2.75) is 5.25 Å². The minimum atomic E-state index is -0.0307. The Morgan fingerprint density at radius 2 is 1.39 bits per heavy atom. The van der Waals surface area contributed by atoms with E-state index in [4.69, 9.17) is 0 Å². The number of hydrogen-bond donors (Lipinski definition) is 1. The SMILES string of the molecule is [NH3+]C(=O)CSC(c1ccccc1)c1ccccc1.